The zero-order chi connectivity index (χ0) is 15.2. The number of amides is 2. The van der Waals surface area contributed by atoms with Gasteiger partial charge in [-0.15, -0.1) is 0 Å². The maximum Gasteiger partial charge on any atom is 0.248 e. The van der Waals surface area contributed by atoms with E-state index in [1.54, 1.807) is 11.8 Å². The second-order valence-electron chi connectivity index (χ2n) is 5.17. The lowest BCUT2D eigenvalue weighted by Crippen LogP contribution is -2.50. The van der Waals surface area contributed by atoms with Crippen LogP contribution in [0.3, 0.4) is 0 Å². The first-order valence-electron chi connectivity index (χ1n) is 6.78. The summed E-state index contributed by atoms with van der Waals surface area (Å²) in [5.74, 6) is -2.39. The van der Waals surface area contributed by atoms with Crippen LogP contribution in [-0.4, -0.2) is 41.8 Å². The molecular formula is C13H22F2N2O2S. The van der Waals surface area contributed by atoms with Crippen molar-refractivity contribution < 1.29 is 18.4 Å². The van der Waals surface area contributed by atoms with E-state index in [0.717, 1.165) is 5.75 Å². The lowest BCUT2D eigenvalue weighted by atomic mass is 9.92. The van der Waals surface area contributed by atoms with Crippen molar-refractivity contribution in [3.8, 4) is 0 Å². The molecule has 1 fully saturated rings. The third-order valence-corrected chi connectivity index (χ3v) is 4.01. The third kappa shape index (κ3) is 6.07. The number of alkyl halides is 2. The minimum absolute atomic E-state index is 0.187. The Labute approximate surface area is 122 Å². The molecule has 0 heterocycles. The number of hydrogen-bond acceptors (Lipinski definition) is 3. The van der Waals surface area contributed by atoms with Gasteiger partial charge in [-0.3, -0.25) is 9.59 Å². The molecule has 0 aromatic heterocycles. The fourth-order valence-corrected chi connectivity index (χ4v) is 2.71. The molecule has 116 valence electrons. The van der Waals surface area contributed by atoms with E-state index < -0.39 is 12.0 Å². The summed E-state index contributed by atoms with van der Waals surface area (Å²) >= 11 is 1.59. The van der Waals surface area contributed by atoms with Crippen LogP contribution in [0.15, 0.2) is 0 Å². The van der Waals surface area contributed by atoms with Crippen LogP contribution < -0.4 is 10.6 Å². The Morgan fingerprint density at radius 2 is 1.95 bits per heavy atom. The highest BCUT2D eigenvalue weighted by Gasteiger charge is 2.35. The van der Waals surface area contributed by atoms with E-state index in [0.29, 0.717) is 6.42 Å². The second-order valence-corrected chi connectivity index (χ2v) is 6.16. The lowest BCUT2D eigenvalue weighted by Gasteiger charge is -2.30. The normalized spacial score (nSPS) is 20.2. The second kappa shape index (κ2) is 7.81. The van der Waals surface area contributed by atoms with E-state index >= 15 is 0 Å². The summed E-state index contributed by atoms with van der Waals surface area (Å²) in [5, 5.41) is 5.38. The molecule has 1 saturated carbocycles. The summed E-state index contributed by atoms with van der Waals surface area (Å²) in [5.41, 5.74) is 0. The van der Waals surface area contributed by atoms with Crippen LogP contribution in [0.1, 0.15) is 39.0 Å². The van der Waals surface area contributed by atoms with Gasteiger partial charge in [0.15, 0.2) is 0 Å². The van der Waals surface area contributed by atoms with Crippen molar-refractivity contribution in [3.63, 3.8) is 0 Å². The molecule has 4 nitrogen and oxygen atoms in total. The molecule has 0 unspecified atom stereocenters. The van der Waals surface area contributed by atoms with E-state index in [4.69, 9.17) is 0 Å². The van der Waals surface area contributed by atoms with Crippen LogP contribution >= 0.6 is 11.8 Å². The van der Waals surface area contributed by atoms with E-state index in [9.17, 15) is 18.4 Å². The van der Waals surface area contributed by atoms with E-state index in [-0.39, 0.29) is 43.5 Å². The van der Waals surface area contributed by atoms with Crippen LogP contribution in [0.5, 0.6) is 0 Å². The van der Waals surface area contributed by atoms with Crippen molar-refractivity contribution in [2.45, 2.75) is 57.0 Å². The average Bonchev–Trinajstić information content (AvgIpc) is 2.36. The highest BCUT2D eigenvalue weighted by atomic mass is 32.2. The van der Waals surface area contributed by atoms with Gasteiger partial charge in [0.25, 0.3) is 0 Å². The fraction of sp³-hybridized carbons (Fsp3) is 0.846. The van der Waals surface area contributed by atoms with Gasteiger partial charge >= 0.3 is 0 Å². The molecule has 7 heteroatoms. The predicted molar refractivity (Wildman–Crippen MR) is 75.9 cm³/mol. The highest BCUT2D eigenvalue weighted by molar-refractivity contribution is 7.98. The summed E-state index contributed by atoms with van der Waals surface area (Å²) in [6, 6.07) is -0.796. The zero-order valence-electron chi connectivity index (χ0n) is 11.9. The maximum atomic E-state index is 13.0. The number of halogens is 2. The third-order valence-electron chi connectivity index (χ3n) is 3.37. The molecule has 20 heavy (non-hydrogen) atoms. The first-order chi connectivity index (χ1) is 9.34. The van der Waals surface area contributed by atoms with E-state index in [2.05, 4.69) is 10.6 Å². The first-order valence-corrected chi connectivity index (χ1v) is 8.17. The Kier molecular flexibility index (Phi) is 6.71. The predicted octanol–water partition coefficient (Wildman–Crippen LogP) is 1.94. The Hall–Kier alpha value is -0.850. The summed E-state index contributed by atoms with van der Waals surface area (Å²) in [6.45, 7) is 1.36. The Morgan fingerprint density at radius 3 is 2.45 bits per heavy atom. The fourth-order valence-electron chi connectivity index (χ4n) is 2.24. The number of thioether (sulfide) groups is 1. The number of nitrogens with one attached hydrogen (secondary N) is 2. The van der Waals surface area contributed by atoms with Gasteiger partial charge in [0.2, 0.25) is 17.7 Å². The van der Waals surface area contributed by atoms with Crippen molar-refractivity contribution in [1.82, 2.24) is 10.6 Å². The van der Waals surface area contributed by atoms with Crippen molar-refractivity contribution in [3.05, 3.63) is 0 Å². The molecular weight excluding hydrogens is 286 g/mol. The van der Waals surface area contributed by atoms with Crippen molar-refractivity contribution >= 4 is 23.6 Å². The molecule has 0 aromatic rings. The van der Waals surface area contributed by atoms with Gasteiger partial charge in [-0.05, 0) is 31.3 Å². The summed E-state index contributed by atoms with van der Waals surface area (Å²) in [4.78, 5) is 23.2. The Balaban J connectivity index is 2.46. The summed E-state index contributed by atoms with van der Waals surface area (Å²) in [6.07, 6.45) is 2.66. The van der Waals surface area contributed by atoms with Gasteiger partial charge in [0.1, 0.15) is 6.04 Å². The van der Waals surface area contributed by atoms with Crippen molar-refractivity contribution in [2.75, 3.05) is 12.0 Å². The maximum absolute atomic E-state index is 13.0. The number of rotatable bonds is 6. The molecule has 0 radical (unpaired) electrons. The molecule has 0 saturated heterocycles. The Bertz CT molecular complexity index is 343. The molecule has 2 amide bonds. The zero-order valence-corrected chi connectivity index (χ0v) is 12.7. The summed E-state index contributed by atoms with van der Waals surface area (Å²) in [7, 11) is 0. The topological polar surface area (TPSA) is 58.2 Å². The first kappa shape index (κ1) is 17.2. The quantitative estimate of drug-likeness (QED) is 0.788. The smallest absolute Gasteiger partial charge is 0.248 e. The van der Waals surface area contributed by atoms with Crippen LogP contribution in [0.4, 0.5) is 8.78 Å². The highest BCUT2D eigenvalue weighted by Crippen LogP contribution is 2.32. The molecule has 0 spiro atoms. The Morgan fingerprint density at radius 1 is 1.35 bits per heavy atom. The molecule has 1 aliphatic carbocycles. The van der Waals surface area contributed by atoms with Gasteiger partial charge in [0, 0.05) is 25.8 Å². The van der Waals surface area contributed by atoms with Gasteiger partial charge in [0.05, 0.1) is 0 Å². The van der Waals surface area contributed by atoms with E-state index in [1.165, 1.54) is 6.92 Å². The van der Waals surface area contributed by atoms with Gasteiger partial charge < -0.3 is 10.6 Å². The molecule has 1 rings (SSSR count). The van der Waals surface area contributed by atoms with E-state index in [1.807, 2.05) is 6.26 Å². The molecule has 0 aromatic carbocycles. The molecule has 1 aliphatic rings. The van der Waals surface area contributed by atoms with Crippen LogP contribution in [-0.2, 0) is 9.59 Å². The minimum Gasteiger partial charge on any atom is -0.352 e. The van der Waals surface area contributed by atoms with Crippen LogP contribution in [0.25, 0.3) is 0 Å². The molecule has 1 atom stereocenters. The van der Waals surface area contributed by atoms with Crippen molar-refractivity contribution in [2.24, 2.45) is 0 Å². The average molecular weight is 308 g/mol. The largest absolute Gasteiger partial charge is 0.352 e. The van der Waals surface area contributed by atoms with Crippen LogP contribution in [0, 0.1) is 0 Å². The summed E-state index contributed by atoms with van der Waals surface area (Å²) < 4.78 is 26.1. The van der Waals surface area contributed by atoms with Crippen LogP contribution in [0.2, 0.25) is 0 Å². The molecule has 2 N–H and O–H groups in total. The number of carbonyl (C=O) groups excluding carboxylic acids is 2. The molecule has 0 aliphatic heterocycles. The molecule has 0 bridgehead atoms. The minimum atomic E-state index is -2.60. The van der Waals surface area contributed by atoms with Gasteiger partial charge in [-0.1, -0.05) is 0 Å². The number of carbonyl (C=O) groups is 2. The monoisotopic (exact) mass is 308 g/mol. The SMILES string of the molecule is CSCC[C@H](NC(C)=O)C(=O)NC1CCC(F)(F)CC1. The standard InChI is InChI=1S/C13H22F2N2O2S/c1-9(18)16-11(5-8-20-2)12(19)17-10-3-6-13(14,15)7-4-10/h10-11H,3-8H2,1-2H3,(H,16,18)(H,17,19)/t11-/m0/s1. The van der Waals surface area contributed by atoms with Crippen molar-refractivity contribution in [1.29, 1.82) is 0 Å². The number of hydrogen-bond donors (Lipinski definition) is 2. The van der Waals surface area contributed by atoms with Gasteiger partial charge in [-0.2, -0.15) is 11.8 Å². The lowest BCUT2D eigenvalue weighted by molar-refractivity contribution is -0.129. The van der Waals surface area contributed by atoms with Gasteiger partial charge in [-0.25, -0.2) is 8.78 Å².